The van der Waals surface area contributed by atoms with Gasteiger partial charge in [-0.25, -0.2) is 8.78 Å². The zero-order valence-corrected chi connectivity index (χ0v) is 24.7. The normalized spacial score (nSPS) is 21.9. The maximum atomic E-state index is 13.8. The topological polar surface area (TPSA) is 56.8 Å². The van der Waals surface area contributed by atoms with Crippen LogP contribution in [0.25, 0.3) is 0 Å². The number of hydrogen-bond donors (Lipinski definition) is 0. The Balaban J connectivity index is 1.21. The lowest BCUT2D eigenvalue weighted by molar-refractivity contribution is -0.144. The summed E-state index contributed by atoms with van der Waals surface area (Å²) in [7, 11) is 0. The average molecular weight is 567 g/mol. The highest BCUT2D eigenvalue weighted by Gasteiger charge is 2.42. The van der Waals surface area contributed by atoms with E-state index in [1.54, 1.807) is 6.20 Å². The van der Waals surface area contributed by atoms with Gasteiger partial charge in [0.15, 0.2) is 0 Å². The molecule has 41 heavy (non-hydrogen) atoms. The average Bonchev–Trinajstić information content (AvgIpc) is 2.96. The number of hydrogen-bond acceptors (Lipinski definition) is 4. The molecule has 0 spiro atoms. The number of amides is 2. The molecule has 2 saturated heterocycles. The van der Waals surface area contributed by atoms with Crippen molar-refractivity contribution in [3.05, 3.63) is 65.0 Å². The Bertz CT molecular complexity index is 1190. The first-order chi connectivity index (χ1) is 19.6. The van der Waals surface area contributed by atoms with Crippen LogP contribution in [0.2, 0.25) is 0 Å². The Morgan fingerprint density at radius 3 is 2.17 bits per heavy atom. The second kappa shape index (κ2) is 12.2. The van der Waals surface area contributed by atoms with Crippen molar-refractivity contribution in [2.24, 2.45) is 5.92 Å². The van der Waals surface area contributed by atoms with E-state index in [4.69, 9.17) is 0 Å². The fourth-order valence-corrected chi connectivity index (χ4v) is 7.09. The van der Waals surface area contributed by atoms with Crippen LogP contribution in [0.15, 0.2) is 42.6 Å². The van der Waals surface area contributed by atoms with Crippen LogP contribution in [0.5, 0.6) is 0 Å². The molecule has 0 N–H and O–H groups in total. The van der Waals surface area contributed by atoms with Gasteiger partial charge in [0.05, 0.1) is 11.3 Å². The number of piperidine rings is 2. The Hall–Kier alpha value is -2.87. The third kappa shape index (κ3) is 6.63. The third-order valence-corrected chi connectivity index (χ3v) is 9.90. The SMILES string of the molecule is Cc1ccnc(C)c1C(=O)N1CCC(C)(N2CCC(N(Cc3ccccc3)C(=O)C3CCC(F)(F)CC3)CC2)CC1. The van der Waals surface area contributed by atoms with E-state index in [1.165, 1.54) is 0 Å². The standard InChI is InChI=1S/C33H44F2N4O2/c1-24-11-18-36-25(2)29(24)31(41)37-21-16-32(3,17-22-37)38-19-12-28(13-20-38)39(23-26-7-5-4-6-8-26)30(40)27-9-14-33(34,35)15-10-27/h4-8,11,18,27-28H,9-10,12-17,19-23H2,1-3H3. The summed E-state index contributed by atoms with van der Waals surface area (Å²) in [6, 6.07) is 12.0. The summed E-state index contributed by atoms with van der Waals surface area (Å²) >= 11 is 0. The molecule has 3 heterocycles. The molecule has 2 aliphatic heterocycles. The minimum atomic E-state index is -2.64. The number of benzene rings is 1. The minimum absolute atomic E-state index is 0.00397. The number of nitrogens with zero attached hydrogens (tertiary/aromatic N) is 4. The monoisotopic (exact) mass is 566 g/mol. The summed E-state index contributed by atoms with van der Waals surface area (Å²) in [4.78, 5) is 37.9. The van der Waals surface area contributed by atoms with Gasteiger partial charge in [0.25, 0.3) is 5.91 Å². The van der Waals surface area contributed by atoms with Crippen molar-refractivity contribution < 1.29 is 18.4 Å². The summed E-state index contributed by atoms with van der Waals surface area (Å²) in [5, 5.41) is 0. The van der Waals surface area contributed by atoms with Gasteiger partial charge in [-0.2, -0.15) is 0 Å². The van der Waals surface area contributed by atoms with Crippen molar-refractivity contribution in [2.45, 2.75) is 96.2 Å². The van der Waals surface area contributed by atoms with Crippen LogP contribution < -0.4 is 0 Å². The van der Waals surface area contributed by atoms with Gasteiger partial charge in [-0.15, -0.1) is 0 Å². The van der Waals surface area contributed by atoms with Gasteiger partial charge in [-0.1, -0.05) is 30.3 Å². The summed E-state index contributed by atoms with van der Waals surface area (Å²) in [6.07, 6.45) is 5.44. The lowest BCUT2D eigenvalue weighted by Gasteiger charge is -2.50. The fraction of sp³-hybridized carbons (Fsp3) is 0.606. The number of aromatic nitrogens is 1. The van der Waals surface area contributed by atoms with Gasteiger partial charge >= 0.3 is 0 Å². The van der Waals surface area contributed by atoms with Gasteiger partial charge in [-0.05, 0) is 76.5 Å². The molecule has 1 saturated carbocycles. The molecular formula is C33H44F2N4O2. The van der Waals surface area contributed by atoms with Gasteiger partial charge in [0.1, 0.15) is 0 Å². The Morgan fingerprint density at radius 1 is 0.927 bits per heavy atom. The van der Waals surface area contributed by atoms with E-state index in [9.17, 15) is 18.4 Å². The molecule has 3 fully saturated rings. The van der Waals surface area contributed by atoms with Crippen molar-refractivity contribution in [1.29, 1.82) is 0 Å². The summed E-state index contributed by atoms with van der Waals surface area (Å²) in [6.45, 7) is 9.91. The molecule has 0 bridgehead atoms. The predicted molar refractivity (Wildman–Crippen MR) is 156 cm³/mol. The number of alkyl halides is 2. The molecule has 0 radical (unpaired) electrons. The third-order valence-electron chi connectivity index (χ3n) is 9.90. The van der Waals surface area contributed by atoms with Crippen molar-refractivity contribution in [2.75, 3.05) is 26.2 Å². The van der Waals surface area contributed by atoms with Crippen LogP contribution in [-0.2, 0) is 11.3 Å². The molecular weight excluding hydrogens is 522 g/mol. The van der Waals surface area contributed by atoms with E-state index < -0.39 is 5.92 Å². The summed E-state index contributed by atoms with van der Waals surface area (Å²) < 4.78 is 27.7. The van der Waals surface area contributed by atoms with E-state index in [2.05, 4.69) is 16.8 Å². The first-order valence-electron chi connectivity index (χ1n) is 15.3. The van der Waals surface area contributed by atoms with Crippen molar-refractivity contribution in [1.82, 2.24) is 19.7 Å². The van der Waals surface area contributed by atoms with E-state index in [-0.39, 0.29) is 55.0 Å². The van der Waals surface area contributed by atoms with Gasteiger partial charge < -0.3 is 9.80 Å². The highest BCUT2D eigenvalue weighted by molar-refractivity contribution is 5.96. The number of rotatable bonds is 6. The van der Waals surface area contributed by atoms with Crippen molar-refractivity contribution >= 4 is 11.8 Å². The summed E-state index contributed by atoms with van der Waals surface area (Å²) in [5.41, 5.74) is 3.55. The smallest absolute Gasteiger partial charge is 0.255 e. The molecule has 222 valence electrons. The van der Waals surface area contributed by atoms with Crippen LogP contribution in [0, 0.1) is 19.8 Å². The van der Waals surface area contributed by atoms with Gasteiger partial charge in [0.2, 0.25) is 11.8 Å². The molecule has 1 aromatic heterocycles. The molecule has 3 aliphatic rings. The molecule has 2 aromatic rings. The Morgan fingerprint density at radius 2 is 1.56 bits per heavy atom. The number of aryl methyl sites for hydroxylation is 2. The minimum Gasteiger partial charge on any atom is -0.338 e. The van der Waals surface area contributed by atoms with Crippen molar-refractivity contribution in [3.8, 4) is 0 Å². The maximum Gasteiger partial charge on any atom is 0.255 e. The second-order valence-corrected chi connectivity index (χ2v) is 12.7. The molecule has 6 nitrogen and oxygen atoms in total. The van der Waals surface area contributed by atoms with Crippen molar-refractivity contribution in [3.63, 3.8) is 0 Å². The molecule has 1 aliphatic carbocycles. The van der Waals surface area contributed by atoms with Gasteiger partial charge in [-0.3, -0.25) is 19.5 Å². The first-order valence-corrected chi connectivity index (χ1v) is 15.3. The van der Waals surface area contributed by atoms with E-state index in [0.717, 1.165) is 61.2 Å². The number of carbonyl (C=O) groups is 2. The molecule has 0 unspecified atom stereocenters. The zero-order chi connectivity index (χ0) is 29.2. The lowest BCUT2D eigenvalue weighted by Crippen LogP contribution is -2.58. The summed E-state index contributed by atoms with van der Waals surface area (Å²) in [5.74, 6) is -2.84. The number of carbonyl (C=O) groups excluding carboxylic acids is 2. The largest absolute Gasteiger partial charge is 0.338 e. The number of halogens is 2. The molecule has 8 heteroatoms. The molecule has 0 atom stereocenters. The van der Waals surface area contributed by atoms with Crippen LogP contribution in [-0.4, -0.2) is 75.2 Å². The van der Waals surface area contributed by atoms with Crippen LogP contribution in [0.1, 0.15) is 85.5 Å². The Labute approximate surface area is 243 Å². The predicted octanol–water partition coefficient (Wildman–Crippen LogP) is 6.01. The van der Waals surface area contributed by atoms with E-state index in [1.807, 2.05) is 60.0 Å². The second-order valence-electron chi connectivity index (χ2n) is 12.7. The van der Waals surface area contributed by atoms with E-state index >= 15 is 0 Å². The molecule has 5 rings (SSSR count). The fourth-order valence-electron chi connectivity index (χ4n) is 7.09. The van der Waals surface area contributed by atoms with Crippen LogP contribution in [0.3, 0.4) is 0 Å². The highest BCUT2D eigenvalue weighted by atomic mass is 19.3. The quantitative estimate of drug-likeness (QED) is 0.430. The molecule has 1 aromatic carbocycles. The first kappa shape index (κ1) is 29.6. The lowest BCUT2D eigenvalue weighted by atomic mass is 9.84. The highest BCUT2D eigenvalue weighted by Crippen LogP contribution is 2.38. The van der Waals surface area contributed by atoms with Crippen LogP contribution >= 0.6 is 0 Å². The van der Waals surface area contributed by atoms with Gasteiger partial charge in [0, 0.05) is 69.3 Å². The number of likely N-dealkylation sites (tertiary alicyclic amines) is 2. The van der Waals surface area contributed by atoms with Crippen LogP contribution in [0.4, 0.5) is 8.78 Å². The maximum absolute atomic E-state index is 13.8. The zero-order valence-electron chi connectivity index (χ0n) is 24.7. The number of pyridine rings is 1. The molecule has 2 amide bonds. The Kier molecular flexibility index (Phi) is 8.78. The van der Waals surface area contributed by atoms with E-state index in [0.29, 0.717) is 19.6 Å².